The molecule has 0 aliphatic rings. The van der Waals surface area contributed by atoms with Gasteiger partial charge in [-0.3, -0.25) is 0 Å². The normalized spacial score (nSPS) is 12.4. The summed E-state index contributed by atoms with van der Waals surface area (Å²) in [6.45, 7) is 3.18. The molecule has 0 spiro atoms. The number of hydrogen-bond acceptors (Lipinski definition) is 4. The van der Waals surface area contributed by atoms with Crippen LogP contribution in [0.1, 0.15) is 12.2 Å². The molecule has 1 aromatic carbocycles. The highest BCUT2D eigenvalue weighted by atomic mass is 32.2. The lowest BCUT2D eigenvalue weighted by atomic mass is 10.3. The quantitative estimate of drug-likeness (QED) is 0.812. The lowest BCUT2D eigenvalue weighted by Crippen LogP contribution is -2.27. The maximum atomic E-state index is 12.3. The van der Waals surface area contributed by atoms with Crippen molar-refractivity contribution in [3.63, 3.8) is 0 Å². The summed E-state index contributed by atoms with van der Waals surface area (Å²) >= 11 is 0. The van der Waals surface area contributed by atoms with Gasteiger partial charge in [0.25, 0.3) is 0 Å². The number of benzene rings is 1. The fraction of sp³-hybridized carbons (Fsp3) is 0.500. The van der Waals surface area contributed by atoms with Crippen LogP contribution in [0.3, 0.4) is 0 Å². The van der Waals surface area contributed by atoms with Crippen LogP contribution in [-0.2, 0) is 17.1 Å². The van der Waals surface area contributed by atoms with Gasteiger partial charge in [-0.05, 0) is 52.2 Å². The van der Waals surface area contributed by atoms with Crippen molar-refractivity contribution in [1.82, 2.24) is 19.2 Å². The summed E-state index contributed by atoms with van der Waals surface area (Å²) in [6, 6.07) is 5.04. The molecule has 0 radical (unpaired) electrons. The fourth-order valence-electron chi connectivity index (χ4n) is 2.15. The molecule has 21 heavy (non-hydrogen) atoms. The van der Waals surface area contributed by atoms with Crippen molar-refractivity contribution >= 4 is 21.1 Å². The van der Waals surface area contributed by atoms with Crippen molar-refractivity contribution in [2.24, 2.45) is 7.05 Å². The SMILES string of the molecule is Cc1nc2cc(S(=O)(=O)NCCCN(C)C)ccc2n1C. The summed E-state index contributed by atoms with van der Waals surface area (Å²) in [4.78, 5) is 6.66. The topological polar surface area (TPSA) is 67.2 Å². The van der Waals surface area contributed by atoms with Gasteiger partial charge in [-0.1, -0.05) is 0 Å². The van der Waals surface area contributed by atoms with Crippen molar-refractivity contribution < 1.29 is 8.42 Å². The van der Waals surface area contributed by atoms with E-state index in [1.807, 2.05) is 37.5 Å². The molecule has 116 valence electrons. The molecule has 1 aromatic heterocycles. The number of imidazole rings is 1. The number of rotatable bonds is 6. The lowest BCUT2D eigenvalue weighted by Gasteiger charge is -2.10. The van der Waals surface area contributed by atoms with Crippen LogP contribution in [0, 0.1) is 6.92 Å². The van der Waals surface area contributed by atoms with Gasteiger partial charge in [0.05, 0.1) is 15.9 Å². The lowest BCUT2D eigenvalue weighted by molar-refractivity contribution is 0.400. The van der Waals surface area contributed by atoms with E-state index < -0.39 is 10.0 Å². The first-order valence-corrected chi connectivity index (χ1v) is 8.37. The van der Waals surface area contributed by atoms with Crippen LogP contribution >= 0.6 is 0 Å². The van der Waals surface area contributed by atoms with E-state index in [1.54, 1.807) is 18.2 Å². The molecule has 0 bridgehead atoms. The Labute approximate surface area is 125 Å². The van der Waals surface area contributed by atoms with E-state index in [2.05, 4.69) is 9.71 Å². The van der Waals surface area contributed by atoms with Gasteiger partial charge in [-0.15, -0.1) is 0 Å². The van der Waals surface area contributed by atoms with Gasteiger partial charge in [0, 0.05) is 13.6 Å². The first kappa shape index (κ1) is 15.9. The molecular weight excluding hydrogens is 288 g/mol. The molecule has 7 heteroatoms. The molecule has 0 saturated heterocycles. The molecular formula is C14H22N4O2S. The van der Waals surface area contributed by atoms with E-state index in [0.29, 0.717) is 12.1 Å². The highest BCUT2D eigenvalue weighted by Gasteiger charge is 2.15. The molecule has 2 aromatic rings. The third-order valence-electron chi connectivity index (χ3n) is 3.46. The minimum Gasteiger partial charge on any atom is -0.331 e. The predicted octanol–water partition coefficient (Wildman–Crippen LogP) is 1.11. The van der Waals surface area contributed by atoms with Gasteiger partial charge in [0.2, 0.25) is 10.0 Å². The van der Waals surface area contributed by atoms with E-state index in [-0.39, 0.29) is 4.90 Å². The molecule has 0 fully saturated rings. The Kier molecular flexibility index (Phi) is 4.65. The monoisotopic (exact) mass is 310 g/mol. The van der Waals surface area contributed by atoms with E-state index in [1.165, 1.54) is 0 Å². The van der Waals surface area contributed by atoms with Gasteiger partial charge in [-0.2, -0.15) is 0 Å². The average molecular weight is 310 g/mol. The molecule has 1 N–H and O–H groups in total. The first-order chi connectivity index (χ1) is 9.81. The van der Waals surface area contributed by atoms with Gasteiger partial charge >= 0.3 is 0 Å². The number of aromatic nitrogens is 2. The van der Waals surface area contributed by atoms with Crippen LogP contribution in [0.15, 0.2) is 23.1 Å². The van der Waals surface area contributed by atoms with Gasteiger partial charge < -0.3 is 9.47 Å². The zero-order valence-electron chi connectivity index (χ0n) is 12.9. The highest BCUT2D eigenvalue weighted by molar-refractivity contribution is 7.89. The largest absolute Gasteiger partial charge is 0.331 e. The summed E-state index contributed by atoms with van der Waals surface area (Å²) in [5.74, 6) is 0.860. The summed E-state index contributed by atoms with van der Waals surface area (Å²) in [5, 5.41) is 0. The minimum atomic E-state index is -3.47. The van der Waals surface area contributed by atoms with Crippen LogP contribution in [0.2, 0.25) is 0 Å². The van der Waals surface area contributed by atoms with Crippen molar-refractivity contribution in [3.05, 3.63) is 24.0 Å². The Hall–Kier alpha value is -1.44. The molecule has 1 heterocycles. The first-order valence-electron chi connectivity index (χ1n) is 6.89. The predicted molar refractivity (Wildman–Crippen MR) is 83.8 cm³/mol. The Morgan fingerprint density at radius 1 is 1.33 bits per heavy atom. The Bertz CT molecular complexity index is 735. The Balaban J connectivity index is 2.16. The summed E-state index contributed by atoms with van der Waals surface area (Å²) in [5.41, 5.74) is 1.63. The average Bonchev–Trinajstić information content (AvgIpc) is 2.70. The molecule has 2 rings (SSSR count). The summed E-state index contributed by atoms with van der Waals surface area (Å²) in [7, 11) is 2.37. The molecule has 0 atom stereocenters. The maximum Gasteiger partial charge on any atom is 0.240 e. The smallest absolute Gasteiger partial charge is 0.240 e. The number of nitrogens with one attached hydrogen (secondary N) is 1. The van der Waals surface area contributed by atoms with Gasteiger partial charge in [-0.25, -0.2) is 18.1 Å². The zero-order valence-corrected chi connectivity index (χ0v) is 13.7. The molecule has 0 unspecified atom stereocenters. The second kappa shape index (κ2) is 6.13. The Morgan fingerprint density at radius 2 is 2.05 bits per heavy atom. The molecule has 0 saturated carbocycles. The molecule has 0 aliphatic heterocycles. The van der Waals surface area contributed by atoms with Crippen LogP contribution in [-0.4, -0.2) is 50.1 Å². The molecule has 0 aliphatic carbocycles. The highest BCUT2D eigenvalue weighted by Crippen LogP contribution is 2.19. The summed E-state index contributed by atoms with van der Waals surface area (Å²) in [6.07, 6.45) is 0.775. The zero-order chi connectivity index (χ0) is 15.6. The third kappa shape index (κ3) is 3.61. The van der Waals surface area contributed by atoms with Gasteiger partial charge in [0.1, 0.15) is 5.82 Å². The van der Waals surface area contributed by atoms with Crippen LogP contribution < -0.4 is 4.72 Å². The van der Waals surface area contributed by atoms with E-state index >= 15 is 0 Å². The number of aryl methyl sites for hydroxylation is 2. The van der Waals surface area contributed by atoms with Crippen LogP contribution in [0.4, 0.5) is 0 Å². The second-order valence-electron chi connectivity index (χ2n) is 5.42. The van der Waals surface area contributed by atoms with E-state index in [4.69, 9.17) is 0 Å². The fourth-order valence-corrected chi connectivity index (χ4v) is 3.25. The van der Waals surface area contributed by atoms with E-state index in [0.717, 1.165) is 24.3 Å². The van der Waals surface area contributed by atoms with E-state index in [9.17, 15) is 8.42 Å². The molecule has 0 amide bonds. The van der Waals surface area contributed by atoms with Crippen molar-refractivity contribution in [3.8, 4) is 0 Å². The summed E-state index contributed by atoms with van der Waals surface area (Å²) < 4.78 is 29.1. The maximum absolute atomic E-state index is 12.3. The number of fused-ring (bicyclic) bond motifs is 1. The van der Waals surface area contributed by atoms with Crippen LogP contribution in [0.5, 0.6) is 0 Å². The number of hydrogen-bond donors (Lipinski definition) is 1. The molecule has 6 nitrogen and oxygen atoms in total. The number of sulfonamides is 1. The third-order valence-corrected chi connectivity index (χ3v) is 4.92. The standard InChI is InChI=1S/C14H22N4O2S/c1-11-16-13-10-12(6-7-14(13)18(11)4)21(19,20)15-8-5-9-17(2)3/h6-7,10,15H,5,8-9H2,1-4H3. The number of nitrogens with zero attached hydrogens (tertiary/aromatic N) is 3. The van der Waals surface area contributed by atoms with Crippen LogP contribution in [0.25, 0.3) is 11.0 Å². The van der Waals surface area contributed by atoms with Crippen molar-refractivity contribution in [1.29, 1.82) is 0 Å². The minimum absolute atomic E-state index is 0.262. The van der Waals surface area contributed by atoms with Crippen molar-refractivity contribution in [2.75, 3.05) is 27.2 Å². The van der Waals surface area contributed by atoms with Gasteiger partial charge in [0.15, 0.2) is 0 Å². The Morgan fingerprint density at radius 3 is 2.71 bits per heavy atom. The van der Waals surface area contributed by atoms with Crippen molar-refractivity contribution in [2.45, 2.75) is 18.2 Å². The second-order valence-corrected chi connectivity index (χ2v) is 7.19.